The number of non-ortho nitro benzene ring substituents is 1. The molecule has 0 spiro atoms. The van der Waals surface area contributed by atoms with Crippen molar-refractivity contribution in [1.82, 2.24) is 9.55 Å². The molecule has 1 atom stereocenters. The fraction of sp³-hybridized carbons (Fsp3) is 0.150. The van der Waals surface area contributed by atoms with Crippen LogP contribution in [-0.2, 0) is 0 Å². The molecule has 4 rings (SSSR count). The largest absolute Gasteiger partial charge is 0.326 e. The minimum absolute atomic E-state index is 0.147. The summed E-state index contributed by atoms with van der Waals surface area (Å²) in [5.74, 6) is 0.598. The number of anilines is 2. The highest BCUT2D eigenvalue weighted by atomic mass is 35.5. The molecule has 1 aliphatic heterocycles. The lowest BCUT2D eigenvalue weighted by Gasteiger charge is -2.27. The Kier molecular flexibility index (Phi) is 4.96. The van der Waals surface area contributed by atoms with Gasteiger partial charge in [-0.05, 0) is 32.0 Å². The monoisotopic (exact) mass is 424 g/mol. The van der Waals surface area contributed by atoms with E-state index in [1.807, 2.05) is 31.2 Å². The van der Waals surface area contributed by atoms with Gasteiger partial charge in [0.2, 0.25) is 11.9 Å². The van der Waals surface area contributed by atoms with Crippen molar-refractivity contribution in [3.8, 4) is 0 Å². The number of nitro groups is 1. The van der Waals surface area contributed by atoms with Crippen LogP contribution in [0.25, 0.3) is 0 Å². The fourth-order valence-corrected chi connectivity index (χ4v) is 3.35. The molecule has 2 heterocycles. The summed E-state index contributed by atoms with van der Waals surface area (Å²) in [6.07, 6.45) is -0.929. The SMILES string of the molecule is Cc1ccc(NC2=NC(c3cc([N+](=O)[O-])ccc3Cl)n3c(nc(C)cc3=O)N2)cc1. The number of guanidine groups is 1. The number of fused-ring (bicyclic) bond motifs is 1. The van der Waals surface area contributed by atoms with Gasteiger partial charge in [-0.15, -0.1) is 0 Å². The van der Waals surface area contributed by atoms with Crippen LogP contribution >= 0.6 is 11.6 Å². The lowest BCUT2D eigenvalue weighted by atomic mass is 10.1. The van der Waals surface area contributed by atoms with Crippen LogP contribution in [0.1, 0.15) is 23.0 Å². The Labute approximate surface area is 176 Å². The molecule has 152 valence electrons. The smallest absolute Gasteiger partial charge is 0.269 e. The third-order valence-electron chi connectivity index (χ3n) is 4.59. The third-order valence-corrected chi connectivity index (χ3v) is 4.93. The quantitative estimate of drug-likeness (QED) is 0.487. The second-order valence-corrected chi connectivity index (χ2v) is 7.27. The molecule has 3 aromatic rings. The summed E-state index contributed by atoms with van der Waals surface area (Å²) >= 11 is 6.34. The first-order chi connectivity index (χ1) is 14.3. The van der Waals surface area contributed by atoms with E-state index >= 15 is 0 Å². The molecule has 0 aliphatic carbocycles. The highest BCUT2D eigenvalue weighted by Gasteiger charge is 2.28. The molecular weight excluding hydrogens is 408 g/mol. The lowest BCUT2D eigenvalue weighted by Crippen LogP contribution is -2.37. The third kappa shape index (κ3) is 3.74. The molecule has 0 bridgehead atoms. The van der Waals surface area contributed by atoms with Gasteiger partial charge in [0, 0.05) is 40.2 Å². The molecule has 0 radical (unpaired) electrons. The molecule has 10 heteroatoms. The van der Waals surface area contributed by atoms with E-state index in [0.29, 0.717) is 17.2 Å². The van der Waals surface area contributed by atoms with Crippen molar-refractivity contribution >= 4 is 34.9 Å². The van der Waals surface area contributed by atoms with Gasteiger partial charge < -0.3 is 5.32 Å². The van der Waals surface area contributed by atoms with E-state index < -0.39 is 11.1 Å². The Balaban J connectivity index is 1.85. The Morgan fingerprint density at radius 1 is 1.17 bits per heavy atom. The van der Waals surface area contributed by atoms with Crippen LogP contribution in [0.5, 0.6) is 0 Å². The topological polar surface area (TPSA) is 114 Å². The van der Waals surface area contributed by atoms with E-state index in [-0.39, 0.29) is 22.2 Å². The molecule has 9 nitrogen and oxygen atoms in total. The van der Waals surface area contributed by atoms with Crippen LogP contribution in [-0.4, -0.2) is 20.4 Å². The maximum absolute atomic E-state index is 12.7. The van der Waals surface area contributed by atoms with E-state index in [1.165, 1.54) is 28.8 Å². The van der Waals surface area contributed by atoms with Crippen LogP contribution in [0.4, 0.5) is 17.3 Å². The summed E-state index contributed by atoms with van der Waals surface area (Å²) in [5, 5.41) is 17.7. The van der Waals surface area contributed by atoms with Crippen LogP contribution in [0.15, 0.2) is 58.3 Å². The van der Waals surface area contributed by atoms with Crippen molar-refractivity contribution in [3.63, 3.8) is 0 Å². The van der Waals surface area contributed by atoms with Gasteiger partial charge in [0.1, 0.15) is 0 Å². The summed E-state index contributed by atoms with van der Waals surface area (Å²) in [5.41, 5.74) is 2.24. The number of aliphatic imine (C=N–C) groups is 1. The maximum Gasteiger partial charge on any atom is 0.269 e. The molecule has 1 aromatic heterocycles. The summed E-state index contributed by atoms with van der Waals surface area (Å²) in [4.78, 5) is 32.4. The number of hydrogen-bond acceptors (Lipinski definition) is 7. The molecule has 2 aromatic carbocycles. The minimum atomic E-state index is -0.929. The summed E-state index contributed by atoms with van der Waals surface area (Å²) < 4.78 is 1.32. The fourth-order valence-electron chi connectivity index (χ4n) is 3.14. The predicted molar refractivity (Wildman–Crippen MR) is 115 cm³/mol. The van der Waals surface area contributed by atoms with E-state index in [9.17, 15) is 14.9 Å². The van der Waals surface area contributed by atoms with Crippen molar-refractivity contribution in [3.05, 3.63) is 90.8 Å². The number of aryl methyl sites for hydroxylation is 2. The second-order valence-electron chi connectivity index (χ2n) is 6.86. The average Bonchev–Trinajstić information content (AvgIpc) is 2.69. The van der Waals surface area contributed by atoms with Crippen molar-refractivity contribution in [1.29, 1.82) is 0 Å². The zero-order valence-corrected chi connectivity index (χ0v) is 16.8. The molecule has 1 unspecified atom stereocenters. The lowest BCUT2D eigenvalue weighted by molar-refractivity contribution is -0.384. The average molecular weight is 425 g/mol. The van der Waals surface area contributed by atoms with Crippen molar-refractivity contribution in [2.24, 2.45) is 4.99 Å². The first kappa shape index (κ1) is 19.6. The number of rotatable bonds is 3. The highest BCUT2D eigenvalue weighted by molar-refractivity contribution is 6.31. The van der Waals surface area contributed by atoms with Gasteiger partial charge in [-0.1, -0.05) is 29.3 Å². The van der Waals surface area contributed by atoms with Gasteiger partial charge >= 0.3 is 0 Å². The maximum atomic E-state index is 12.7. The molecular formula is C20H17ClN6O3. The molecule has 0 amide bonds. The number of nitro benzene ring substituents is 1. The van der Waals surface area contributed by atoms with Gasteiger partial charge in [0.15, 0.2) is 6.17 Å². The van der Waals surface area contributed by atoms with Gasteiger partial charge in [0.05, 0.1) is 4.92 Å². The van der Waals surface area contributed by atoms with Crippen molar-refractivity contribution in [2.75, 3.05) is 10.6 Å². The van der Waals surface area contributed by atoms with Gasteiger partial charge in [-0.3, -0.25) is 24.8 Å². The summed E-state index contributed by atoms with van der Waals surface area (Å²) in [6.45, 7) is 3.69. The zero-order valence-electron chi connectivity index (χ0n) is 16.1. The summed E-state index contributed by atoms with van der Waals surface area (Å²) in [6, 6.07) is 13.1. The number of benzene rings is 2. The Bertz CT molecular complexity index is 1240. The first-order valence-corrected chi connectivity index (χ1v) is 9.42. The summed E-state index contributed by atoms with van der Waals surface area (Å²) in [7, 11) is 0. The molecule has 0 saturated heterocycles. The minimum Gasteiger partial charge on any atom is -0.326 e. The van der Waals surface area contributed by atoms with E-state index in [2.05, 4.69) is 20.6 Å². The number of hydrogen-bond donors (Lipinski definition) is 2. The number of nitrogens with zero attached hydrogens (tertiary/aromatic N) is 4. The number of nitrogens with one attached hydrogen (secondary N) is 2. The van der Waals surface area contributed by atoms with E-state index in [0.717, 1.165) is 11.3 Å². The van der Waals surface area contributed by atoms with Crippen molar-refractivity contribution < 1.29 is 4.92 Å². The van der Waals surface area contributed by atoms with Crippen LogP contribution in [0.3, 0.4) is 0 Å². The Morgan fingerprint density at radius 3 is 2.60 bits per heavy atom. The molecule has 30 heavy (non-hydrogen) atoms. The van der Waals surface area contributed by atoms with Gasteiger partial charge in [-0.25, -0.2) is 9.98 Å². The Hall–Kier alpha value is -3.72. The standard InChI is InChI=1S/C20H17ClN6O3/c1-11-3-5-13(6-4-11)23-19-24-18(15-10-14(27(29)30)7-8-16(15)21)26-17(28)9-12(2)22-20(26)25-19/h3-10,18H,1-2H3,(H2,22,23,24,25). The van der Waals surface area contributed by atoms with E-state index in [4.69, 9.17) is 11.6 Å². The first-order valence-electron chi connectivity index (χ1n) is 9.04. The molecule has 1 aliphatic rings. The van der Waals surface area contributed by atoms with Gasteiger partial charge in [0.25, 0.3) is 11.2 Å². The molecule has 0 fully saturated rings. The number of aromatic nitrogens is 2. The predicted octanol–water partition coefficient (Wildman–Crippen LogP) is 3.86. The molecule has 0 saturated carbocycles. The second kappa shape index (κ2) is 7.60. The zero-order chi connectivity index (χ0) is 21.4. The molecule has 2 N–H and O–H groups in total. The van der Waals surface area contributed by atoms with E-state index in [1.54, 1.807) is 6.92 Å². The van der Waals surface area contributed by atoms with Crippen LogP contribution in [0.2, 0.25) is 5.02 Å². The normalized spacial score (nSPS) is 15.0. The number of halogens is 1. The van der Waals surface area contributed by atoms with Gasteiger partial charge in [-0.2, -0.15) is 0 Å². The van der Waals surface area contributed by atoms with Crippen LogP contribution in [0, 0.1) is 24.0 Å². The Morgan fingerprint density at radius 2 is 1.90 bits per heavy atom. The highest BCUT2D eigenvalue weighted by Crippen LogP contribution is 2.33. The van der Waals surface area contributed by atoms with Crippen LogP contribution < -0.4 is 16.2 Å². The van der Waals surface area contributed by atoms with Crippen molar-refractivity contribution in [2.45, 2.75) is 20.0 Å².